The number of pyridine rings is 1. The Hall–Kier alpha value is -3.08. The number of aromatic nitrogens is 3. The Balaban J connectivity index is 1.42. The molecule has 0 spiro atoms. The smallest absolute Gasteiger partial charge is 0.261 e. The maximum Gasteiger partial charge on any atom is 0.261 e. The fourth-order valence-corrected chi connectivity index (χ4v) is 5.66. The molecule has 7 nitrogen and oxygen atoms in total. The van der Waals surface area contributed by atoms with Crippen molar-refractivity contribution in [1.82, 2.24) is 19.4 Å². The van der Waals surface area contributed by atoms with Crippen LogP contribution in [0.3, 0.4) is 0 Å². The number of likely N-dealkylation sites (tertiary alicyclic amines) is 1. The van der Waals surface area contributed by atoms with Crippen molar-refractivity contribution in [3.63, 3.8) is 0 Å². The van der Waals surface area contributed by atoms with Gasteiger partial charge >= 0.3 is 0 Å². The predicted molar refractivity (Wildman–Crippen MR) is 130 cm³/mol. The Morgan fingerprint density at radius 3 is 2.62 bits per heavy atom. The average molecular weight is 458 g/mol. The highest BCUT2D eigenvalue weighted by Crippen LogP contribution is 2.35. The van der Waals surface area contributed by atoms with Crippen LogP contribution in [0.2, 0.25) is 0 Å². The molecule has 0 radical (unpaired) electrons. The van der Waals surface area contributed by atoms with Crippen molar-refractivity contribution >= 4 is 10.9 Å². The highest BCUT2D eigenvalue weighted by molar-refractivity contribution is 5.83. The minimum Gasteiger partial charge on any atom is -0.391 e. The monoisotopic (exact) mass is 457 g/mol. The van der Waals surface area contributed by atoms with Crippen LogP contribution < -0.4 is 5.56 Å². The number of aryl methyl sites for hydroxylation is 1. The van der Waals surface area contributed by atoms with E-state index in [-0.39, 0.29) is 11.6 Å². The van der Waals surface area contributed by atoms with Gasteiger partial charge in [-0.15, -0.1) is 0 Å². The van der Waals surface area contributed by atoms with Gasteiger partial charge in [0, 0.05) is 25.8 Å². The molecule has 1 N–H and O–H groups in total. The van der Waals surface area contributed by atoms with Crippen molar-refractivity contribution in [1.29, 1.82) is 5.26 Å². The van der Waals surface area contributed by atoms with E-state index in [0.717, 1.165) is 79.6 Å². The Kier molecular flexibility index (Phi) is 5.97. The van der Waals surface area contributed by atoms with Gasteiger partial charge in [-0.1, -0.05) is 6.07 Å². The zero-order valence-electron chi connectivity index (χ0n) is 19.9. The van der Waals surface area contributed by atoms with Crippen LogP contribution in [0.25, 0.3) is 10.9 Å². The fraction of sp³-hybridized carbons (Fsp3) is 0.481. The van der Waals surface area contributed by atoms with Gasteiger partial charge in [-0.05, 0) is 80.8 Å². The molecule has 3 aromatic rings. The van der Waals surface area contributed by atoms with E-state index < -0.39 is 11.5 Å². The number of rotatable bonds is 4. The number of fused-ring (bicyclic) bond motifs is 1. The fourth-order valence-electron chi connectivity index (χ4n) is 5.66. The number of hydrogen-bond donors (Lipinski definition) is 1. The van der Waals surface area contributed by atoms with Crippen LogP contribution >= 0.6 is 0 Å². The Morgan fingerprint density at radius 2 is 1.97 bits per heavy atom. The Morgan fingerprint density at radius 1 is 1.18 bits per heavy atom. The Bertz CT molecular complexity index is 1300. The lowest BCUT2D eigenvalue weighted by molar-refractivity contribution is 0.134. The van der Waals surface area contributed by atoms with Crippen molar-refractivity contribution in [2.75, 3.05) is 13.1 Å². The number of benzene rings is 1. The van der Waals surface area contributed by atoms with Crippen molar-refractivity contribution in [2.24, 2.45) is 0 Å². The van der Waals surface area contributed by atoms with Gasteiger partial charge in [0.05, 0.1) is 41.1 Å². The van der Waals surface area contributed by atoms with Gasteiger partial charge in [-0.2, -0.15) is 5.26 Å². The van der Waals surface area contributed by atoms with Crippen LogP contribution in [0.5, 0.6) is 0 Å². The van der Waals surface area contributed by atoms with E-state index in [0.29, 0.717) is 5.39 Å². The van der Waals surface area contributed by atoms with Gasteiger partial charge in [0.25, 0.3) is 5.56 Å². The molecule has 2 aromatic heterocycles. The van der Waals surface area contributed by atoms with Gasteiger partial charge in [-0.3, -0.25) is 19.2 Å². The maximum absolute atomic E-state index is 13.4. The molecule has 1 aromatic carbocycles. The first-order valence-corrected chi connectivity index (χ1v) is 12.2. The summed E-state index contributed by atoms with van der Waals surface area (Å²) in [5.74, 6) is 0. The number of nitrogens with zero attached hydrogens (tertiary/aromatic N) is 5. The number of hydrogen-bond acceptors (Lipinski definition) is 6. The van der Waals surface area contributed by atoms with Crippen LogP contribution in [-0.2, 0) is 12.0 Å². The second-order valence-electron chi connectivity index (χ2n) is 9.89. The first-order valence-electron chi connectivity index (χ1n) is 12.2. The molecule has 1 saturated carbocycles. The molecule has 1 aliphatic heterocycles. The van der Waals surface area contributed by atoms with Crippen molar-refractivity contribution in [3.8, 4) is 6.07 Å². The Labute approximate surface area is 199 Å². The largest absolute Gasteiger partial charge is 0.391 e. The summed E-state index contributed by atoms with van der Waals surface area (Å²) in [4.78, 5) is 24.9. The normalized spacial score (nSPS) is 22.6. The predicted octanol–water partition coefficient (Wildman–Crippen LogP) is 3.55. The van der Waals surface area contributed by atoms with E-state index in [1.54, 1.807) is 17.1 Å². The van der Waals surface area contributed by atoms with Crippen molar-refractivity contribution in [2.45, 2.75) is 70.1 Å². The van der Waals surface area contributed by atoms with E-state index in [9.17, 15) is 15.2 Å². The summed E-state index contributed by atoms with van der Waals surface area (Å²) in [6.45, 7) is 6.45. The molecule has 2 atom stereocenters. The third-order valence-electron chi connectivity index (χ3n) is 8.02. The highest BCUT2D eigenvalue weighted by Gasteiger charge is 2.37. The number of piperidine rings is 1. The molecule has 0 amide bonds. The summed E-state index contributed by atoms with van der Waals surface area (Å²) in [6, 6.07) is 10.1. The van der Waals surface area contributed by atoms with Gasteiger partial charge in [0.2, 0.25) is 0 Å². The lowest BCUT2D eigenvalue weighted by Crippen LogP contribution is -2.42. The lowest BCUT2D eigenvalue weighted by Gasteiger charge is -2.37. The second-order valence-corrected chi connectivity index (χ2v) is 9.89. The standard InChI is InChI=1S/C27H31N5O2/c1-18-19(2)25-21(26(34)32(17-30-25)22-6-5-7-23(22)33)14-20(18)15-31-12-9-27(16-28,10-13-31)24-8-3-4-11-29-24/h3-4,8,11,14,17,22-23,33H,5-7,9-10,12-13,15H2,1-2H3/t22-,23-/m1/s1. The van der Waals surface area contributed by atoms with Crippen molar-refractivity contribution < 1.29 is 5.11 Å². The molecule has 7 heteroatoms. The first-order chi connectivity index (χ1) is 16.4. The van der Waals surface area contributed by atoms with E-state index in [4.69, 9.17) is 0 Å². The van der Waals surface area contributed by atoms with E-state index in [1.807, 2.05) is 31.2 Å². The minimum absolute atomic E-state index is 0.0717. The third-order valence-corrected chi connectivity index (χ3v) is 8.02. The molecule has 0 unspecified atom stereocenters. The molecule has 5 rings (SSSR count). The summed E-state index contributed by atoms with van der Waals surface area (Å²) in [6.07, 6.45) is 6.80. The number of aliphatic hydroxyl groups excluding tert-OH is 1. The molecule has 2 aliphatic rings. The molecule has 1 aliphatic carbocycles. The summed E-state index contributed by atoms with van der Waals surface area (Å²) in [7, 11) is 0. The van der Waals surface area contributed by atoms with Gasteiger partial charge < -0.3 is 5.11 Å². The van der Waals surface area contributed by atoms with E-state index >= 15 is 0 Å². The van der Waals surface area contributed by atoms with Crippen LogP contribution in [0.15, 0.2) is 41.6 Å². The lowest BCUT2D eigenvalue weighted by atomic mass is 9.76. The van der Waals surface area contributed by atoms with Crippen molar-refractivity contribution in [3.05, 3.63) is 69.5 Å². The maximum atomic E-state index is 13.4. The molecule has 0 bridgehead atoms. The van der Waals surface area contributed by atoms with E-state index in [2.05, 4.69) is 27.9 Å². The van der Waals surface area contributed by atoms with Gasteiger partial charge in [0.15, 0.2) is 0 Å². The summed E-state index contributed by atoms with van der Waals surface area (Å²) in [5.41, 5.74) is 4.29. The van der Waals surface area contributed by atoms with Gasteiger partial charge in [-0.25, -0.2) is 4.98 Å². The summed E-state index contributed by atoms with van der Waals surface area (Å²) in [5, 5.41) is 20.9. The molecule has 34 heavy (non-hydrogen) atoms. The third kappa shape index (κ3) is 3.81. The number of nitriles is 1. The average Bonchev–Trinajstić information content (AvgIpc) is 3.29. The molecule has 2 fully saturated rings. The number of aliphatic hydroxyl groups is 1. The zero-order valence-corrected chi connectivity index (χ0v) is 19.9. The minimum atomic E-state index is -0.536. The molecule has 3 heterocycles. The quantitative estimate of drug-likeness (QED) is 0.644. The van der Waals surface area contributed by atoms with E-state index in [1.165, 1.54) is 0 Å². The zero-order chi connectivity index (χ0) is 23.9. The molecular formula is C27H31N5O2. The van der Waals surface area contributed by atoms with Crippen LogP contribution in [0.1, 0.15) is 60.5 Å². The molecule has 1 saturated heterocycles. The topological polar surface area (TPSA) is 95.0 Å². The van der Waals surface area contributed by atoms with Crippen LogP contribution in [0.4, 0.5) is 0 Å². The molecular weight excluding hydrogens is 426 g/mol. The van der Waals surface area contributed by atoms with Crippen LogP contribution in [0, 0.1) is 25.2 Å². The first kappa shape index (κ1) is 22.7. The van der Waals surface area contributed by atoms with Gasteiger partial charge in [0.1, 0.15) is 5.41 Å². The van der Waals surface area contributed by atoms with Crippen LogP contribution in [-0.4, -0.2) is 43.7 Å². The molecule has 176 valence electrons. The highest BCUT2D eigenvalue weighted by atomic mass is 16.3. The second kappa shape index (κ2) is 8.94. The summed E-state index contributed by atoms with van der Waals surface area (Å²) >= 11 is 0. The summed E-state index contributed by atoms with van der Waals surface area (Å²) < 4.78 is 1.63. The SMILES string of the molecule is Cc1c(CN2CCC(C#N)(c3ccccn3)CC2)cc2c(=O)n([C@@H]3CCC[C@H]3O)cnc2c1C.